The number of nitrogens with two attached hydrogens (primary N) is 1. The molecular weight excluding hydrogens is 246 g/mol. The Morgan fingerprint density at radius 2 is 2.06 bits per heavy atom. The monoisotopic (exact) mass is 263 g/mol. The molecule has 1 heterocycles. The fraction of sp³-hybridized carbons (Fsp3) is 0.417. The lowest BCUT2D eigenvalue weighted by Gasteiger charge is -2.05. The molecule has 0 saturated heterocycles. The van der Waals surface area contributed by atoms with Crippen molar-refractivity contribution in [2.75, 3.05) is 12.3 Å². The minimum Gasteiger partial charge on any atom is -0.330 e. The summed E-state index contributed by atoms with van der Waals surface area (Å²) in [7, 11) is 0. The fourth-order valence-electron chi connectivity index (χ4n) is 1.68. The number of tetrazole rings is 1. The van der Waals surface area contributed by atoms with Crippen LogP contribution >= 0.6 is 11.8 Å². The third-order valence-electron chi connectivity index (χ3n) is 2.54. The molecule has 0 aliphatic heterocycles. The van der Waals surface area contributed by atoms with Gasteiger partial charge in [0.05, 0.1) is 6.54 Å². The van der Waals surface area contributed by atoms with E-state index in [2.05, 4.69) is 46.7 Å². The molecule has 6 heteroatoms. The summed E-state index contributed by atoms with van der Waals surface area (Å²) >= 11 is 1.84. The van der Waals surface area contributed by atoms with E-state index in [1.165, 1.54) is 10.5 Å². The van der Waals surface area contributed by atoms with Crippen molar-refractivity contribution in [3.63, 3.8) is 0 Å². The highest BCUT2D eigenvalue weighted by Gasteiger charge is 2.05. The van der Waals surface area contributed by atoms with Crippen LogP contribution in [0.15, 0.2) is 29.2 Å². The topological polar surface area (TPSA) is 69.6 Å². The van der Waals surface area contributed by atoms with E-state index in [1.54, 1.807) is 4.68 Å². The van der Waals surface area contributed by atoms with Crippen LogP contribution in [0.25, 0.3) is 0 Å². The molecule has 96 valence electrons. The van der Waals surface area contributed by atoms with Crippen LogP contribution in [0, 0.1) is 0 Å². The Hall–Kier alpha value is -1.40. The maximum Gasteiger partial charge on any atom is 0.152 e. The largest absolute Gasteiger partial charge is 0.330 e. The molecule has 2 aromatic rings. The number of thioether (sulfide) groups is 1. The SMILES string of the molecule is CCSc1ccc(Cn2nnnc2CCN)cc1. The Labute approximate surface area is 111 Å². The first kappa shape index (κ1) is 13.0. The van der Waals surface area contributed by atoms with Gasteiger partial charge in [0.15, 0.2) is 5.82 Å². The van der Waals surface area contributed by atoms with Crippen LogP contribution in [-0.2, 0) is 13.0 Å². The third-order valence-corrected chi connectivity index (χ3v) is 3.43. The number of benzene rings is 1. The number of aromatic nitrogens is 4. The van der Waals surface area contributed by atoms with Gasteiger partial charge in [0.25, 0.3) is 0 Å². The number of nitrogens with zero attached hydrogens (tertiary/aromatic N) is 4. The van der Waals surface area contributed by atoms with Crippen molar-refractivity contribution >= 4 is 11.8 Å². The first-order chi connectivity index (χ1) is 8.83. The third kappa shape index (κ3) is 3.30. The second-order valence-corrected chi connectivity index (χ2v) is 5.21. The Balaban J connectivity index is 2.06. The van der Waals surface area contributed by atoms with Crippen LogP contribution in [0.3, 0.4) is 0 Å². The Morgan fingerprint density at radius 1 is 1.28 bits per heavy atom. The van der Waals surface area contributed by atoms with Gasteiger partial charge < -0.3 is 5.73 Å². The first-order valence-electron chi connectivity index (χ1n) is 6.00. The van der Waals surface area contributed by atoms with Gasteiger partial charge in [-0.2, -0.15) is 0 Å². The van der Waals surface area contributed by atoms with Crippen molar-refractivity contribution in [2.24, 2.45) is 5.73 Å². The number of hydrogen-bond donors (Lipinski definition) is 1. The van der Waals surface area contributed by atoms with Gasteiger partial charge in [0.2, 0.25) is 0 Å². The summed E-state index contributed by atoms with van der Waals surface area (Å²) in [4.78, 5) is 1.29. The lowest BCUT2D eigenvalue weighted by molar-refractivity contribution is 0.617. The van der Waals surface area contributed by atoms with E-state index in [1.807, 2.05) is 11.8 Å². The predicted molar refractivity (Wildman–Crippen MR) is 72.5 cm³/mol. The van der Waals surface area contributed by atoms with Crippen molar-refractivity contribution in [1.29, 1.82) is 0 Å². The highest BCUT2D eigenvalue weighted by molar-refractivity contribution is 7.99. The molecule has 18 heavy (non-hydrogen) atoms. The van der Waals surface area contributed by atoms with Crippen molar-refractivity contribution in [3.8, 4) is 0 Å². The summed E-state index contributed by atoms with van der Waals surface area (Å²) in [6.45, 7) is 3.41. The van der Waals surface area contributed by atoms with Gasteiger partial charge in [-0.25, -0.2) is 4.68 Å². The zero-order chi connectivity index (χ0) is 12.8. The van der Waals surface area contributed by atoms with Gasteiger partial charge in [-0.1, -0.05) is 19.1 Å². The fourth-order valence-corrected chi connectivity index (χ4v) is 2.35. The van der Waals surface area contributed by atoms with Gasteiger partial charge in [-0.05, 0) is 40.4 Å². The minimum atomic E-state index is 0.562. The van der Waals surface area contributed by atoms with Crippen LogP contribution in [0.2, 0.25) is 0 Å². The zero-order valence-corrected chi connectivity index (χ0v) is 11.2. The molecule has 0 aliphatic carbocycles. The molecule has 0 bridgehead atoms. The highest BCUT2D eigenvalue weighted by atomic mass is 32.2. The van der Waals surface area contributed by atoms with E-state index in [4.69, 9.17) is 5.73 Å². The summed E-state index contributed by atoms with van der Waals surface area (Å²) < 4.78 is 1.80. The van der Waals surface area contributed by atoms with E-state index in [-0.39, 0.29) is 0 Å². The molecule has 1 aromatic heterocycles. The molecule has 0 spiro atoms. The second kappa shape index (κ2) is 6.51. The predicted octanol–water partition coefficient (Wildman–Crippen LogP) is 1.33. The normalized spacial score (nSPS) is 10.8. The van der Waals surface area contributed by atoms with E-state index in [0.717, 1.165) is 11.6 Å². The van der Waals surface area contributed by atoms with Gasteiger partial charge in [-0.15, -0.1) is 16.9 Å². The molecule has 0 atom stereocenters. The van der Waals surface area contributed by atoms with Gasteiger partial charge in [0, 0.05) is 11.3 Å². The van der Waals surface area contributed by atoms with Gasteiger partial charge in [-0.3, -0.25) is 0 Å². The first-order valence-corrected chi connectivity index (χ1v) is 6.99. The molecule has 0 unspecified atom stereocenters. The molecule has 5 nitrogen and oxygen atoms in total. The summed E-state index contributed by atoms with van der Waals surface area (Å²) in [5.74, 6) is 1.93. The van der Waals surface area contributed by atoms with E-state index in [0.29, 0.717) is 19.5 Å². The molecule has 2 N–H and O–H groups in total. The van der Waals surface area contributed by atoms with Crippen molar-refractivity contribution in [1.82, 2.24) is 20.2 Å². The lowest BCUT2D eigenvalue weighted by Crippen LogP contribution is -2.11. The second-order valence-electron chi connectivity index (χ2n) is 3.87. The quantitative estimate of drug-likeness (QED) is 0.796. The molecular formula is C12H17N5S. The molecule has 1 aromatic carbocycles. The van der Waals surface area contributed by atoms with Crippen LogP contribution in [0.4, 0.5) is 0 Å². The molecule has 0 fully saturated rings. The summed E-state index contributed by atoms with van der Waals surface area (Å²) in [5.41, 5.74) is 6.72. The van der Waals surface area contributed by atoms with Crippen LogP contribution < -0.4 is 5.73 Å². The van der Waals surface area contributed by atoms with E-state index in [9.17, 15) is 0 Å². The Bertz CT molecular complexity index is 479. The summed E-state index contributed by atoms with van der Waals surface area (Å²) in [6, 6.07) is 8.50. The van der Waals surface area contributed by atoms with E-state index >= 15 is 0 Å². The average Bonchev–Trinajstić information content (AvgIpc) is 2.80. The van der Waals surface area contributed by atoms with Gasteiger partial charge in [0.1, 0.15) is 0 Å². The lowest BCUT2D eigenvalue weighted by atomic mass is 10.2. The average molecular weight is 263 g/mol. The number of hydrogen-bond acceptors (Lipinski definition) is 5. The number of rotatable bonds is 6. The molecule has 0 saturated carbocycles. The molecule has 2 rings (SSSR count). The van der Waals surface area contributed by atoms with E-state index < -0.39 is 0 Å². The molecule has 0 radical (unpaired) electrons. The summed E-state index contributed by atoms with van der Waals surface area (Å²) in [5, 5.41) is 11.6. The molecule has 0 amide bonds. The Morgan fingerprint density at radius 3 is 2.72 bits per heavy atom. The maximum atomic E-state index is 5.52. The highest BCUT2D eigenvalue weighted by Crippen LogP contribution is 2.18. The molecule has 0 aliphatic rings. The van der Waals surface area contributed by atoms with Gasteiger partial charge >= 0.3 is 0 Å². The minimum absolute atomic E-state index is 0.562. The van der Waals surface area contributed by atoms with Crippen molar-refractivity contribution in [2.45, 2.75) is 24.8 Å². The van der Waals surface area contributed by atoms with Crippen molar-refractivity contribution in [3.05, 3.63) is 35.7 Å². The summed E-state index contributed by atoms with van der Waals surface area (Å²) in [6.07, 6.45) is 0.705. The van der Waals surface area contributed by atoms with Crippen molar-refractivity contribution < 1.29 is 0 Å². The standard InChI is InChI=1S/C12H17N5S/c1-2-18-11-5-3-10(4-6-11)9-17-12(7-8-13)14-15-16-17/h3-6H,2,7-9,13H2,1H3. The van der Waals surface area contributed by atoms with Crippen LogP contribution in [-0.4, -0.2) is 32.5 Å². The maximum absolute atomic E-state index is 5.52. The Kier molecular flexibility index (Phi) is 4.72. The van der Waals surface area contributed by atoms with Crippen LogP contribution in [0.5, 0.6) is 0 Å². The smallest absolute Gasteiger partial charge is 0.152 e. The zero-order valence-electron chi connectivity index (χ0n) is 10.4. The van der Waals surface area contributed by atoms with Crippen LogP contribution in [0.1, 0.15) is 18.3 Å².